The van der Waals surface area contributed by atoms with E-state index in [2.05, 4.69) is 6.92 Å². The molecule has 0 radical (unpaired) electrons. The maximum atomic E-state index is 10.9. The molecule has 1 saturated carbocycles. The minimum absolute atomic E-state index is 0.0715. The first-order valence-electron chi connectivity index (χ1n) is 5.44. The number of aliphatic carboxylic acids is 1. The van der Waals surface area contributed by atoms with Crippen LogP contribution in [0.1, 0.15) is 39.0 Å². The smallest absolute Gasteiger partial charge is 0.309 e. The third kappa shape index (κ3) is 2.71. The van der Waals surface area contributed by atoms with Gasteiger partial charge in [0.25, 0.3) is 0 Å². The average molecular weight is 200 g/mol. The second-order valence-corrected chi connectivity index (χ2v) is 4.19. The summed E-state index contributed by atoms with van der Waals surface area (Å²) in [7, 11) is 1.62. The van der Waals surface area contributed by atoms with Crippen molar-refractivity contribution in [2.24, 2.45) is 11.8 Å². The molecule has 1 rings (SSSR count). The summed E-state index contributed by atoms with van der Waals surface area (Å²) in [4.78, 5) is 10.9. The van der Waals surface area contributed by atoms with Crippen LogP contribution in [0.3, 0.4) is 0 Å². The summed E-state index contributed by atoms with van der Waals surface area (Å²) in [5, 5.41) is 8.98. The highest BCUT2D eigenvalue weighted by atomic mass is 16.5. The van der Waals surface area contributed by atoms with Crippen molar-refractivity contribution in [3.8, 4) is 0 Å². The third-order valence-electron chi connectivity index (χ3n) is 3.22. The molecule has 3 heteroatoms. The molecule has 1 fully saturated rings. The fraction of sp³-hybridized carbons (Fsp3) is 0.909. The molecule has 0 spiro atoms. The van der Waals surface area contributed by atoms with Gasteiger partial charge in [0, 0.05) is 7.11 Å². The minimum atomic E-state index is -0.702. The average Bonchev–Trinajstić information content (AvgIpc) is 2.17. The molecule has 1 aliphatic carbocycles. The zero-order valence-electron chi connectivity index (χ0n) is 9.03. The lowest BCUT2D eigenvalue weighted by molar-refractivity contribution is -0.149. The molecule has 0 aromatic rings. The van der Waals surface area contributed by atoms with Crippen LogP contribution < -0.4 is 0 Å². The molecule has 3 atom stereocenters. The SMILES string of the molecule is CCCC1CCC(C(=O)O)C(OC)C1. The molecule has 82 valence electrons. The van der Waals surface area contributed by atoms with Crippen molar-refractivity contribution >= 4 is 5.97 Å². The van der Waals surface area contributed by atoms with Crippen LogP contribution in [0.5, 0.6) is 0 Å². The Kier molecular flexibility index (Phi) is 4.39. The van der Waals surface area contributed by atoms with Gasteiger partial charge in [-0.15, -0.1) is 0 Å². The van der Waals surface area contributed by atoms with Crippen molar-refractivity contribution in [3.05, 3.63) is 0 Å². The summed E-state index contributed by atoms with van der Waals surface area (Å²) in [5.74, 6) is -0.319. The van der Waals surface area contributed by atoms with Gasteiger partial charge >= 0.3 is 5.97 Å². The molecular weight excluding hydrogens is 180 g/mol. The Labute approximate surface area is 85.5 Å². The number of rotatable bonds is 4. The summed E-state index contributed by atoms with van der Waals surface area (Å²) < 4.78 is 5.26. The molecule has 0 aliphatic heterocycles. The summed E-state index contributed by atoms with van der Waals surface area (Å²) in [6, 6.07) is 0. The van der Waals surface area contributed by atoms with Crippen LogP contribution in [0.2, 0.25) is 0 Å². The van der Waals surface area contributed by atoms with E-state index >= 15 is 0 Å². The zero-order valence-corrected chi connectivity index (χ0v) is 9.03. The van der Waals surface area contributed by atoms with Gasteiger partial charge in [0.15, 0.2) is 0 Å². The largest absolute Gasteiger partial charge is 0.481 e. The van der Waals surface area contributed by atoms with Gasteiger partial charge in [-0.3, -0.25) is 4.79 Å². The van der Waals surface area contributed by atoms with Gasteiger partial charge in [0.1, 0.15) is 0 Å². The lowest BCUT2D eigenvalue weighted by Gasteiger charge is -2.32. The van der Waals surface area contributed by atoms with E-state index in [4.69, 9.17) is 9.84 Å². The molecular formula is C11H20O3. The fourth-order valence-electron chi connectivity index (χ4n) is 2.43. The van der Waals surface area contributed by atoms with Crippen LogP contribution in [0.4, 0.5) is 0 Å². The lowest BCUT2D eigenvalue weighted by atomic mass is 9.78. The van der Waals surface area contributed by atoms with Crippen LogP contribution in [-0.2, 0) is 9.53 Å². The van der Waals surface area contributed by atoms with E-state index in [-0.39, 0.29) is 12.0 Å². The van der Waals surface area contributed by atoms with E-state index in [1.165, 1.54) is 12.8 Å². The van der Waals surface area contributed by atoms with Crippen LogP contribution >= 0.6 is 0 Å². The lowest BCUT2D eigenvalue weighted by Crippen LogP contribution is -2.36. The van der Waals surface area contributed by atoms with Crippen molar-refractivity contribution in [1.29, 1.82) is 0 Å². The Bertz CT molecular complexity index is 191. The highest BCUT2D eigenvalue weighted by Crippen LogP contribution is 2.33. The fourth-order valence-corrected chi connectivity index (χ4v) is 2.43. The molecule has 0 aromatic heterocycles. The summed E-state index contributed by atoms with van der Waals surface area (Å²) in [6.45, 7) is 2.17. The minimum Gasteiger partial charge on any atom is -0.481 e. The Hall–Kier alpha value is -0.570. The zero-order chi connectivity index (χ0) is 10.6. The highest BCUT2D eigenvalue weighted by molar-refractivity contribution is 5.70. The van der Waals surface area contributed by atoms with Gasteiger partial charge in [-0.1, -0.05) is 19.8 Å². The number of carboxylic acid groups (broad SMARTS) is 1. The van der Waals surface area contributed by atoms with Crippen molar-refractivity contribution in [2.45, 2.75) is 45.1 Å². The Morgan fingerprint density at radius 1 is 1.50 bits per heavy atom. The standard InChI is InChI=1S/C11H20O3/c1-3-4-8-5-6-9(11(12)13)10(7-8)14-2/h8-10H,3-7H2,1-2H3,(H,12,13). The van der Waals surface area contributed by atoms with E-state index in [0.717, 1.165) is 19.3 Å². The van der Waals surface area contributed by atoms with Gasteiger partial charge in [-0.2, -0.15) is 0 Å². The van der Waals surface area contributed by atoms with Gasteiger partial charge in [-0.25, -0.2) is 0 Å². The number of methoxy groups -OCH3 is 1. The summed E-state index contributed by atoms with van der Waals surface area (Å²) >= 11 is 0. The van der Waals surface area contributed by atoms with Crippen LogP contribution in [0, 0.1) is 11.8 Å². The summed E-state index contributed by atoms with van der Waals surface area (Å²) in [5.41, 5.74) is 0. The maximum absolute atomic E-state index is 10.9. The highest BCUT2D eigenvalue weighted by Gasteiger charge is 2.34. The van der Waals surface area contributed by atoms with Crippen LogP contribution in [-0.4, -0.2) is 24.3 Å². The first kappa shape index (κ1) is 11.5. The second kappa shape index (κ2) is 5.35. The van der Waals surface area contributed by atoms with Crippen LogP contribution in [0.25, 0.3) is 0 Å². The molecule has 14 heavy (non-hydrogen) atoms. The first-order chi connectivity index (χ1) is 6.69. The van der Waals surface area contributed by atoms with Gasteiger partial charge in [0.2, 0.25) is 0 Å². The number of hydrogen-bond acceptors (Lipinski definition) is 2. The van der Waals surface area contributed by atoms with Crippen molar-refractivity contribution < 1.29 is 14.6 Å². The van der Waals surface area contributed by atoms with Gasteiger partial charge in [0.05, 0.1) is 12.0 Å². The quantitative estimate of drug-likeness (QED) is 0.757. The number of ether oxygens (including phenoxy) is 1. The molecule has 0 saturated heterocycles. The Morgan fingerprint density at radius 3 is 2.71 bits per heavy atom. The first-order valence-corrected chi connectivity index (χ1v) is 5.44. The second-order valence-electron chi connectivity index (χ2n) is 4.19. The van der Waals surface area contributed by atoms with Crippen LogP contribution in [0.15, 0.2) is 0 Å². The van der Waals surface area contributed by atoms with E-state index < -0.39 is 5.97 Å². The Morgan fingerprint density at radius 2 is 2.21 bits per heavy atom. The molecule has 0 amide bonds. The van der Waals surface area contributed by atoms with E-state index in [1.807, 2.05) is 0 Å². The van der Waals surface area contributed by atoms with Crippen molar-refractivity contribution in [3.63, 3.8) is 0 Å². The van der Waals surface area contributed by atoms with E-state index in [1.54, 1.807) is 7.11 Å². The maximum Gasteiger partial charge on any atom is 0.309 e. The molecule has 1 aliphatic rings. The predicted octanol–water partition coefficient (Wildman–Crippen LogP) is 2.30. The number of carboxylic acids is 1. The molecule has 1 N–H and O–H groups in total. The molecule has 0 aromatic carbocycles. The number of carbonyl (C=O) groups is 1. The Balaban J connectivity index is 2.50. The third-order valence-corrected chi connectivity index (χ3v) is 3.22. The molecule has 3 nitrogen and oxygen atoms in total. The van der Waals surface area contributed by atoms with E-state index in [0.29, 0.717) is 5.92 Å². The topological polar surface area (TPSA) is 46.5 Å². The molecule has 0 heterocycles. The van der Waals surface area contributed by atoms with E-state index in [9.17, 15) is 4.79 Å². The molecule has 0 bridgehead atoms. The predicted molar refractivity (Wildman–Crippen MR) is 54.2 cm³/mol. The monoisotopic (exact) mass is 200 g/mol. The number of hydrogen-bond donors (Lipinski definition) is 1. The van der Waals surface area contributed by atoms with Crippen molar-refractivity contribution in [1.82, 2.24) is 0 Å². The van der Waals surface area contributed by atoms with Gasteiger partial charge < -0.3 is 9.84 Å². The van der Waals surface area contributed by atoms with Crippen molar-refractivity contribution in [2.75, 3.05) is 7.11 Å². The molecule has 3 unspecified atom stereocenters. The summed E-state index contributed by atoms with van der Waals surface area (Å²) in [6.07, 6.45) is 5.05. The normalized spacial score (nSPS) is 32.9. The van der Waals surface area contributed by atoms with Gasteiger partial charge in [-0.05, 0) is 25.2 Å².